The molecule has 0 spiro atoms. The highest BCUT2D eigenvalue weighted by molar-refractivity contribution is 7.98. The Labute approximate surface area is 114 Å². The van der Waals surface area contributed by atoms with E-state index in [0.717, 1.165) is 40.0 Å². The number of pyridine rings is 1. The fraction of sp³-hybridized carbons (Fsp3) is 0.333. The Kier molecular flexibility index (Phi) is 3.20. The molecule has 0 saturated carbocycles. The first-order valence-electron chi connectivity index (χ1n) is 6.10. The smallest absolute Gasteiger partial charge is 0.208 e. The maximum absolute atomic E-state index is 4.46. The summed E-state index contributed by atoms with van der Waals surface area (Å²) in [4.78, 5) is 16.4. The van der Waals surface area contributed by atoms with E-state index < -0.39 is 0 Å². The summed E-state index contributed by atoms with van der Waals surface area (Å²) in [6.45, 7) is 4.09. The molecule has 2 N–H and O–H groups in total. The number of rotatable bonds is 4. The number of fused-ring (bicyclic) bond motifs is 1. The molecule has 0 amide bonds. The van der Waals surface area contributed by atoms with Crippen LogP contribution in [-0.4, -0.2) is 30.1 Å². The van der Waals surface area contributed by atoms with Crippen LogP contribution in [0.15, 0.2) is 17.4 Å². The summed E-state index contributed by atoms with van der Waals surface area (Å²) in [5.41, 5.74) is 2.92. The minimum atomic E-state index is 0.705. The van der Waals surface area contributed by atoms with Crippen molar-refractivity contribution in [3.8, 4) is 0 Å². The van der Waals surface area contributed by atoms with E-state index in [-0.39, 0.29) is 0 Å². The van der Waals surface area contributed by atoms with Crippen LogP contribution in [0.1, 0.15) is 24.1 Å². The third kappa shape index (κ3) is 2.46. The van der Waals surface area contributed by atoms with Crippen molar-refractivity contribution in [1.82, 2.24) is 30.1 Å². The number of imidazole rings is 1. The second-order valence-electron chi connectivity index (χ2n) is 4.22. The molecule has 0 aromatic carbocycles. The van der Waals surface area contributed by atoms with Gasteiger partial charge in [-0.1, -0.05) is 18.7 Å². The zero-order valence-electron chi connectivity index (χ0n) is 10.8. The maximum Gasteiger partial charge on any atom is 0.208 e. The fourth-order valence-electron chi connectivity index (χ4n) is 1.78. The minimum absolute atomic E-state index is 0.705. The van der Waals surface area contributed by atoms with Crippen molar-refractivity contribution in [3.63, 3.8) is 0 Å². The van der Waals surface area contributed by atoms with Crippen LogP contribution in [0, 0.1) is 6.92 Å². The molecule has 0 radical (unpaired) electrons. The topological polar surface area (TPSA) is 83.1 Å². The maximum atomic E-state index is 4.46. The zero-order valence-corrected chi connectivity index (χ0v) is 11.6. The largest absolute Gasteiger partial charge is 0.340 e. The number of aromatic nitrogens is 6. The lowest BCUT2D eigenvalue weighted by atomic mass is 10.3. The van der Waals surface area contributed by atoms with Crippen molar-refractivity contribution in [2.75, 3.05) is 0 Å². The monoisotopic (exact) mass is 274 g/mol. The molecule has 0 saturated heterocycles. The van der Waals surface area contributed by atoms with Crippen molar-refractivity contribution in [1.29, 1.82) is 0 Å². The Balaban J connectivity index is 1.76. The van der Waals surface area contributed by atoms with E-state index in [9.17, 15) is 0 Å². The third-order valence-electron chi connectivity index (χ3n) is 2.83. The number of nitrogens with zero attached hydrogens (tertiary/aromatic N) is 4. The Morgan fingerprint density at radius 2 is 2.16 bits per heavy atom. The van der Waals surface area contributed by atoms with Gasteiger partial charge in [0, 0.05) is 12.6 Å². The van der Waals surface area contributed by atoms with Gasteiger partial charge in [-0.25, -0.2) is 15.0 Å². The molecule has 0 unspecified atom stereocenters. The van der Waals surface area contributed by atoms with Crippen molar-refractivity contribution in [3.05, 3.63) is 29.5 Å². The van der Waals surface area contributed by atoms with Gasteiger partial charge in [-0.3, -0.25) is 5.10 Å². The van der Waals surface area contributed by atoms with Crippen molar-refractivity contribution in [2.45, 2.75) is 31.2 Å². The average Bonchev–Trinajstić information content (AvgIpc) is 3.03. The lowest BCUT2D eigenvalue weighted by Crippen LogP contribution is -1.85. The van der Waals surface area contributed by atoms with Crippen molar-refractivity contribution >= 4 is 22.9 Å². The SMILES string of the molecule is CCc1nc(SCc2nc3nccc(C)c3[nH]2)n[nH]1. The number of hydrogen-bond acceptors (Lipinski definition) is 5. The molecule has 3 aromatic rings. The molecule has 0 atom stereocenters. The highest BCUT2D eigenvalue weighted by Crippen LogP contribution is 2.20. The van der Waals surface area contributed by atoms with Crippen molar-refractivity contribution < 1.29 is 0 Å². The summed E-state index contributed by atoms with van der Waals surface area (Å²) in [7, 11) is 0. The van der Waals surface area contributed by atoms with E-state index in [0.29, 0.717) is 5.75 Å². The first kappa shape index (κ1) is 12.2. The van der Waals surface area contributed by atoms with Gasteiger partial charge in [-0.2, -0.15) is 0 Å². The first-order valence-corrected chi connectivity index (χ1v) is 7.09. The molecule has 3 aromatic heterocycles. The summed E-state index contributed by atoms with van der Waals surface area (Å²) in [5, 5.41) is 7.80. The molecule has 3 rings (SSSR count). The number of H-pyrrole nitrogens is 2. The molecule has 3 heterocycles. The Morgan fingerprint density at radius 3 is 2.89 bits per heavy atom. The summed E-state index contributed by atoms with van der Waals surface area (Å²) < 4.78 is 0. The van der Waals surface area contributed by atoms with E-state index in [4.69, 9.17) is 0 Å². The van der Waals surface area contributed by atoms with Crippen LogP contribution in [0.4, 0.5) is 0 Å². The third-order valence-corrected chi connectivity index (χ3v) is 3.69. The molecule has 0 aliphatic heterocycles. The van der Waals surface area contributed by atoms with E-state index in [2.05, 4.69) is 30.1 Å². The van der Waals surface area contributed by atoms with E-state index in [1.807, 2.05) is 19.9 Å². The van der Waals surface area contributed by atoms with E-state index in [1.165, 1.54) is 0 Å². The predicted molar refractivity (Wildman–Crippen MR) is 73.9 cm³/mol. The van der Waals surface area contributed by atoms with Crippen LogP contribution in [0.3, 0.4) is 0 Å². The quantitative estimate of drug-likeness (QED) is 0.713. The standard InChI is InChI=1S/C12H14N6S/c1-3-8-16-12(18-17-8)19-6-9-14-10-7(2)4-5-13-11(10)15-9/h4-5H,3,6H2,1-2H3,(H,13,14,15)(H,16,17,18). The summed E-state index contributed by atoms with van der Waals surface area (Å²) in [6, 6.07) is 1.97. The van der Waals surface area contributed by atoms with E-state index in [1.54, 1.807) is 18.0 Å². The molecule has 0 fully saturated rings. The normalized spacial score (nSPS) is 11.3. The van der Waals surface area contributed by atoms with Crippen LogP contribution < -0.4 is 0 Å². The summed E-state index contributed by atoms with van der Waals surface area (Å²) >= 11 is 1.56. The lowest BCUT2D eigenvalue weighted by Gasteiger charge is -1.92. The molecule has 98 valence electrons. The Morgan fingerprint density at radius 1 is 1.26 bits per heavy atom. The molecule has 0 bridgehead atoms. The second-order valence-corrected chi connectivity index (χ2v) is 5.16. The zero-order chi connectivity index (χ0) is 13.2. The minimum Gasteiger partial charge on any atom is -0.340 e. The van der Waals surface area contributed by atoms with Crippen LogP contribution in [0.2, 0.25) is 0 Å². The molecular weight excluding hydrogens is 260 g/mol. The molecule has 19 heavy (non-hydrogen) atoms. The number of hydrogen-bond donors (Lipinski definition) is 2. The first-order chi connectivity index (χ1) is 9.26. The Hall–Kier alpha value is -1.89. The second kappa shape index (κ2) is 5.00. The molecule has 0 aliphatic carbocycles. The molecular formula is C12H14N6S. The number of aryl methyl sites for hydroxylation is 2. The van der Waals surface area contributed by atoms with Gasteiger partial charge in [0.15, 0.2) is 5.65 Å². The highest BCUT2D eigenvalue weighted by Gasteiger charge is 2.08. The van der Waals surface area contributed by atoms with Gasteiger partial charge in [-0.05, 0) is 18.6 Å². The predicted octanol–water partition coefficient (Wildman–Crippen LogP) is 2.24. The number of nitrogens with one attached hydrogen (secondary N) is 2. The lowest BCUT2D eigenvalue weighted by molar-refractivity contribution is 0.941. The van der Waals surface area contributed by atoms with Gasteiger partial charge < -0.3 is 4.98 Å². The van der Waals surface area contributed by atoms with Crippen LogP contribution in [-0.2, 0) is 12.2 Å². The van der Waals surface area contributed by atoms with Gasteiger partial charge in [-0.15, -0.1) is 5.10 Å². The van der Waals surface area contributed by atoms with Crippen LogP contribution in [0.25, 0.3) is 11.2 Å². The summed E-state index contributed by atoms with van der Waals surface area (Å²) in [6.07, 6.45) is 2.64. The Bertz CT molecular complexity index is 701. The van der Waals surface area contributed by atoms with Gasteiger partial charge in [0.2, 0.25) is 5.16 Å². The number of thioether (sulfide) groups is 1. The molecule has 7 heteroatoms. The average molecular weight is 274 g/mol. The molecule has 0 aliphatic rings. The van der Waals surface area contributed by atoms with Crippen LogP contribution >= 0.6 is 11.8 Å². The summed E-state index contributed by atoms with van der Waals surface area (Å²) in [5.74, 6) is 2.51. The van der Waals surface area contributed by atoms with E-state index >= 15 is 0 Å². The number of aromatic amines is 2. The van der Waals surface area contributed by atoms with Gasteiger partial charge in [0.25, 0.3) is 0 Å². The van der Waals surface area contributed by atoms with Gasteiger partial charge in [0.1, 0.15) is 11.6 Å². The van der Waals surface area contributed by atoms with Crippen molar-refractivity contribution in [2.24, 2.45) is 0 Å². The van der Waals surface area contributed by atoms with Crippen LogP contribution in [0.5, 0.6) is 0 Å². The van der Waals surface area contributed by atoms with Gasteiger partial charge in [0.05, 0.1) is 11.3 Å². The molecule has 6 nitrogen and oxygen atoms in total. The highest BCUT2D eigenvalue weighted by atomic mass is 32.2. The van der Waals surface area contributed by atoms with Gasteiger partial charge >= 0.3 is 0 Å². The fourth-order valence-corrected chi connectivity index (χ4v) is 2.47.